The number of oxazole rings is 1. The Balaban J connectivity index is 0.000000242. The van der Waals surface area contributed by atoms with E-state index >= 15 is 0 Å². The molecule has 142 valence electrons. The van der Waals surface area contributed by atoms with Gasteiger partial charge in [0.2, 0.25) is 0 Å². The van der Waals surface area contributed by atoms with Crippen molar-refractivity contribution in [3.63, 3.8) is 0 Å². The number of halogens is 3. The molecular weight excluding hydrogens is 353 g/mol. The minimum absolute atomic E-state index is 0.243. The molecule has 1 aromatic carbocycles. The van der Waals surface area contributed by atoms with Gasteiger partial charge >= 0.3 is 18.2 Å². The molecule has 3 atom stereocenters. The first kappa shape index (κ1) is 18.5. The predicted octanol–water partition coefficient (Wildman–Crippen LogP) is 3.43. The standard InChI is InChI=1S/C15H18N2O2.C2HF3O2/c1-9-2-5-14-13(6-9)17-15(19-14)18-12-7-10-3-4-11(8-12)16-10;3-2(4,5)1(6)7/h2,5-6,10-12,16H,3-4,7-8H2,1H3;(H,6,7)/t10-,11+,12?;. The average Bonchev–Trinajstić information content (AvgIpc) is 3.08. The molecule has 0 aliphatic carbocycles. The lowest BCUT2D eigenvalue weighted by atomic mass is 10.0. The number of benzene rings is 1. The fourth-order valence-corrected chi connectivity index (χ4v) is 3.31. The summed E-state index contributed by atoms with van der Waals surface area (Å²) in [5.74, 6) is -2.76. The molecule has 26 heavy (non-hydrogen) atoms. The molecule has 2 aliphatic heterocycles. The summed E-state index contributed by atoms with van der Waals surface area (Å²) in [5, 5.41) is 10.7. The number of carboxylic acid groups (broad SMARTS) is 1. The monoisotopic (exact) mass is 372 g/mol. The normalized spacial score (nSPS) is 24.8. The Bertz CT molecular complexity index is 778. The second-order valence-electron chi connectivity index (χ2n) is 6.60. The third-order valence-corrected chi connectivity index (χ3v) is 4.46. The Hall–Kier alpha value is -2.29. The topological polar surface area (TPSA) is 84.6 Å². The molecule has 2 bridgehead atoms. The van der Waals surface area contributed by atoms with Crippen LogP contribution in [0.25, 0.3) is 11.1 Å². The SMILES string of the molecule is Cc1ccc2oc(OC3C[C@H]4CC[C@@H](C3)N4)nc2c1.O=C(O)C(F)(F)F. The number of rotatable bonds is 2. The van der Waals surface area contributed by atoms with Crippen LogP contribution in [0.3, 0.4) is 0 Å². The zero-order valence-corrected chi connectivity index (χ0v) is 14.0. The number of aromatic nitrogens is 1. The van der Waals surface area contributed by atoms with Gasteiger partial charge in [-0.25, -0.2) is 4.79 Å². The van der Waals surface area contributed by atoms with Gasteiger partial charge in [-0.3, -0.25) is 0 Å². The van der Waals surface area contributed by atoms with E-state index in [4.69, 9.17) is 19.1 Å². The molecule has 2 aliphatic rings. The number of ether oxygens (including phenoxy) is 1. The summed E-state index contributed by atoms with van der Waals surface area (Å²) in [6, 6.07) is 7.25. The van der Waals surface area contributed by atoms with Gasteiger partial charge in [0, 0.05) is 12.1 Å². The van der Waals surface area contributed by atoms with E-state index in [1.807, 2.05) is 18.2 Å². The summed E-state index contributed by atoms with van der Waals surface area (Å²) >= 11 is 0. The van der Waals surface area contributed by atoms with Crippen molar-refractivity contribution in [3.8, 4) is 6.08 Å². The van der Waals surface area contributed by atoms with Crippen LogP contribution in [0.15, 0.2) is 22.6 Å². The lowest BCUT2D eigenvalue weighted by Gasteiger charge is -2.28. The highest BCUT2D eigenvalue weighted by atomic mass is 19.4. The molecule has 2 N–H and O–H groups in total. The first-order valence-electron chi connectivity index (χ1n) is 8.30. The van der Waals surface area contributed by atoms with Crippen molar-refractivity contribution in [2.45, 2.75) is 57.0 Å². The van der Waals surface area contributed by atoms with Gasteiger partial charge in [0.25, 0.3) is 0 Å². The maximum atomic E-state index is 10.6. The average molecular weight is 372 g/mol. The number of fused-ring (bicyclic) bond motifs is 3. The quantitative estimate of drug-likeness (QED) is 0.840. The third-order valence-electron chi connectivity index (χ3n) is 4.46. The Morgan fingerprint density at radius 3 is 2.50 bits per heavy atom. The fourth-order valence-electron chi connectivity index (χ4n) is 3.31. The summed E-state index contributed by atoms with van der Waals surface area (Å²) in [6.07, 6.45) is 0.261. The second-order valence-corrected chi connectivity index (χ2v) is 6.60. The number of piperidine rings is 1. The Morgan fingerprint density at radius 1 is 1.31 bits per heavy atom. The third kappa shape index (κ3) is 4.46. The van der Waals surface area contributed by atoms with Crippen LogP contribution in [0.1, 0.15) is 31.2 Å². The Kier molecular flexibility index (Phi) is 5.08. The van der Waals surface area contributed by atoms with Crippen LogP contribution in [0, 0.1) is 6.92 Å². The maximum absolute atomic E-state index is 10.6. The van der Waals surface area contributed by atoms with Crippen molar-refractivity contribution >= 4 is 17.1 Å². The van der Waals surface area contributed by atoms with E-state index in [0.717, 1.165) is 23.9 Å². The molecule has 6 nitrogen and oxygen atoms in total. The molecule has 9 heteroatoms. The van der Waals surface area contributed by atoms with Crippen LogP contribution < -0.4 is 10.1 Å². The fraction of sp³-hybridized carbons (Fsp3) is 0.529. The summed E-state index contributed by atoms with van der Waals surface area (Å²) in [5.41, 5.74) is 2.87. The van der Waals surface area contributed by atoms with Crippen LogP contribution in [0.5, 0.6) is 6.08 Å². The van der Waals surface area contributed by atoms with E-state index in [0.29, 0.717) is 18.2 Å². The summed E-state index contributed by atoms with van der Waals surface area (Å²) < 4.78 is 43.3. The molecule has 0 spiro atoms. The number of carboxylic acids is 1. The van der Waals surface area contributed by atoms with Gasteiger partial charge in [0.05, 0.1) is 0 Å². The van der Waals surface area contributed by atoms with Crippen LogP contribution in [-0.4, -0.2) is 40.4 Å². The summed E-state index contributed by atoms with van der Waals surface area (Å²) in [4.78, 5) is 13.3. The minimum atomic E-state index is -5.08. The highest BCUT2D eigenvalue weighted by molar-refractivity contribution is 5.74. The van der Waals surface area contributed by atoms with E-state index in [2.05, 4.69) is 17.2 Å². The molecule has 1 aromatic heterocycles. The van der Waals surface area contributed by atoms with E-state index in [1.165, 1.54) is 18.4 Å². The van der Waals surface area contributed by atoms with Crippen molar-refractivity contribution < 1.29 is 32.2 Å². The molecule has 0 amide bonds. The minimum Gasteiger partial charge on any atom is -0.475 e. The highest BCUT2D eigenvalue weighted by Crippen LogP contribution is 2.30. The predicted molar refractivity (Wildman–Crippen MR) is 86.0 cm³/mol. The number of aliphatic carboxylic acids is 1. The molecule has 3 heterocycles. The van der Waals surface area contributed by atoms with Crippen molar-refractivity contribution in [3.05, 3.63) is 23.8 Å². The van der Waals surface area contributed by atoms with Gasteiger partial charge in [-0.1, -0.05) is 6.07 Å². The van der Waals surface area contributed by atoms with Crippen LogP contribution in [0.2, 0.25) is 0 Å². The highest BCUT2D eigenvalue weighted by Gasteiger charge is 2.38. The first-order chi connectivity index (χ1) is 12.2. The van der Waals surface area contributed by atoms with E-state index in [9.17, 15) is 13.2 Å². The van der Waals surface area contributed by atoms with Crippen LogP contribution >= 0.6 is 0 Å². The molecule has 0 radical (unpaired) electrons. The van der Waals surface area contributed by atoms with Gasteiger partial charge in [-0.15, -0.1) is 0 Å². The van der Waals surface area contributed by atoms with E-state index in [1.54, 1.807) is 0 Å². The summed E-state index contributed by atoms with van der Waals surface area (Å²) in [6.45, 7) is 2.05. The molecule has 2 fully saturated rings. The zero-order chi connectivity index (χ0) is 18.9. The number of carbonyl (C=O) groups is 1. The van der Waals surface area contributed by atoms with Gasteiger partial charge in [-0.05, 0) is 50.3 Å². The number of nitrogens with zero attached hydrogens (tertiary/aromatic N) is 1. The van der Waals surface area contributed by atoms with E-state index < -0.39 is 12.1 Å². The second kappa shape index (κ2) is 7.14. The lowest BCUT2D eigenvalue weighted by molar-refractivity contribution is -0.192. The van der Waals surface area contributed by atoms with Crippen molar-refractivity contribution in [2.24, 2.45) is 0 Å². The number of aryl methyl sites for hydroxylation is 1. The van der Waals surface area contributed by atoms with Gasteiger partial charge in [0.1, 0.15) is 11.6 Å². The maximum Gasteiger partial charge on any atom is 0.490 e. The number of nitrogens with one attached hydrogen (secondary N) is 1. The van der Waals surface area contributed by atoms with Crippen LogP contribution in [0.4, 0.5) is 13.2 Å². The molecule has 4 rings (SSSR count). The molecule has 2 saturated heterocycles. The molecular formula is C17H19F3N2O4. The van der Waals surface area contributed by atoms with Gasteiger partial charge < -0.3 is 19.6 Å². The molecule has 2 aromatic rings. The Morgan fingerprint density at radius 2 is 1.92 bits per heavy atom. The van der Waals surface area contributed by atoms with Crippen molar-refractivity contribution in [1.82, 2.24) is 10.3 Å². The molecule has 0 saturated carbocycles. The van der Waals surface area contributed by atoms with Crippen molar-refractivity contribution in [2.75, 3.05) is 0 Å². The van der Waals surface area contributed by atoms with E-state index in [-0.39, 0.29) is 6.10 Å². The van der Waals surface area contributed by atoms with Crippen LogP contribution in [-0.2, 0) is 4.79 Å². The lowest BCUT2D eigenvalue weighted by Crippen LogP contribution is -2.42. The molecule has 1 unspecified atom stereocenters. The van der Waals surface area contributed by atoms with Gasteiger partial charge in [-0.2, -0.15) is 18.2 Å². The Labute approximate surface area is 147 Å². The number of hydrogen-bond acceptors (Lipinski definition) is 5. The smallest absolute Gasteiger partial charge is 0.475 e. The number of alkyl halides is 3. The van der Waals surface area contributed by atoms with Gasteiger partial charge in [0.15, 0.2) is 5.58 Å². The largest absolute Gasteiger partial charge is 0.490 e. The summed E-state index contributed by atoms with van der Waals surface area (Å²) in [7, 11) is 0. The number of hydrogen-bond donors (Lipinski definition) is 2. The zero-order valence-electron chi connectivity index (χ0n) is 14.0. The van der Waals surface area contributed by atoms with Crippen molar-refractivity contribution in [1.29, 1.82) is 0 Å². The first-order valence-corrected chi connectivity index (χ1v) is 8.30.